The third-order valence-corrected chi connectivity index (χ3v) is 2.90. The summed E-state index contributed by atoms with van der Waals surface area (Å²) in [6.45, 7) is 1.58. The number of benzene rings is 1. The van der Waals surface area contributed by atoms with Crippen molar-refractivity contribution in [2.75, 3.05) is 7.11 Å². The smallest absolute Gasteiger partial charge is 0.328 e. The van der Waals surface area contributed by atoms with Gasteiger partial charge < -0.3 is 10.1 Å². The SMILES string of the molecule is COC(=O)[C@H](NC(=O)c1ccc(F)cc1F)[C@H](C)CC#N. The van der Waals surface area contributed by atoms with E-state index in [1.807, 2.05) is 6.07 Å². The molecule has 0 bridgehead atoms. The van der Waals surface area contributed by atoms with Gasteiger partial charge in [0.1, 0.15) is 17.7 Å². The summed E-state index contributed by atoms with van der Waals surface area (Å²) in [5.41, 5.74) is -0.394. The van der Waals surface area contributed by atoms with Gasteiger partial charge in [0.2, 0.25) is 0 Å². The minimum Gasteiger partial charge on any atom is -0.467 e. The molecule has 5 nitrogen and oxygen atoms in total. The second kappa shape index (κ2) is 7.33. The molecule has 0 radical (unpaired) electrons. The highest BCUT2D eigenvalue weighted by molar-refractivity contribution is 5.97. The maximum absolute atomic E-state index is 13.5. The van der Waals surface area contributed by atoms with E-state index < -0.39 is 41.0 Å². The van der Waals surface area contributed by atoms with E-state index in [0.29, 0.717) is 6.07 Å². The number of nitriles is 1. The molecule has 1 aromatic carbocycles. The minimum absolute atomic E-state index is 0.00590. The van der Waals surface area contributed by atoms with Crippen molar-refractivity contribution in [1.82, 2.24) is 5.32 Å². The molecule has 0 saturated carbocycles. The summed E-state index contributed by atoms with van der Waals surface area (Å²) in [7, 11) is 1.14. The van der Waals surface area contributed by atoms with Crippen molar-refractivity contribution in [2.24, 2.45) is 5.92 Å². The molecule has 0 spiro atoms. The molecule has 2 atom stereocenters. The van der Waals surface area contributed by atoms with Crippen molar-refractivity contribution >= 4 is 11.9 Å². The number of nitrogens with one attached hydrogen (secondary N) is 1. The number of hydrogen-bond donors (Lipinski definition) is 1. The van der Waals surface area contributed by atoms with Crippen LogP contribution in [0.3, 0.4) is 0 Å². The van der Waals surface area contributed by atoms with Crippen LogP contribution in [0.25, 0.3) is 0 Å². The van der Waals surface area contributed by atoms with Gasteiger partial charge in [0.15, 0.2) is 0 Å². The second-order valence-corrected chi connectivity index (χ2v) is 4.44. The van der Waals surface area contributed by atoms with E-state index in [4.69, 9.17) is 5.26 Å². The normalized spacial score (nSPS) is 12.9. The fourth-order valence-corrected chi connectivity index (χ4v) is 1.71. The molecular weight excluding hydrogens is 282 g/mol. The number of amides is 1. The molecule has 1 amide bonds. The predicted octanol–water partition coefficient (Wildman–Crippen LogP) is 1.79. The number of methoxy groups -OCH3 is 1. The van der Waals surface area contributed by atoms with Gasteiger partial charge in [0.05, 0.1) is 18.7 Å². The lowest BCUT2D eigenvalue weighted by molar-refractivity contribution is -0.144. The minimum atomic E-state index is -1.09. The first kappa shape index (κ1) is 16.6. The van der Waals surface area contributed by atoms with E-state index >= 15 is 0 Å². The van der Waals surface area contributed by atoms with Crippen LogP contribution in [-0.4, -0.2) is 25.0 Å². The van der Waals surface area contributed by atoms with E-state index in [0.717, 1.165) is 19.2 Å². The van der Waals surface area contributed by atoms with Gasteiger partial charge in [-0.3, -0.25) is 4.79 Å². The lowest BCUT2D eigenvalue weighted by Crippen LogP contribution is -2.46. The molecule has 0 saturated heterocycles. The van der Waals surface area contributed by atoms with Crippen molar-refractivity contribution in [3.63, 3.8) is 0 Å². The second-order valence-electron chi connectivity index (χ2n) is 4.44. The van der Waals surface area contributed by atoms with Gasteiger partial charge in [0.25, 0.3) is 5.91 Å². The molecule has 0 aliphatic heterocycles. The van der Waals surface area contributed by atoms with Gasteiger partial charge in [-0.25, -0.2) is 13.6 Å². The lowest BCUT2D eigenvalue weighted by atomic mass is 9.98. The van der Waals surface area contributed by atoms with E-state index in [2.05, 4.69) is 10.1 Å². The number of rotatable bonds is 5. The van der Waals surface area contributed by atoms with Crippen molar-refractivity contribution in [3.8, 4) is 6.07 Å². The lowest BCUT2D eigenvalue weighted by Gasteiger charge is -2.21. The van der Waals surface area contributed by atoms with Gasteiger partial charge in [-0.1, -0.05) is 6.92 Å². The molecule has 0 fully saturated rings. The molecule has 1 aromatic rings. The zero-order chi connectivity index (χ0) is 16.0. The van der Waals surface area contributed by atoms with Crippen LogP contribution in [0.4, 0.5) is 8.78 Å². The van der Waals surface area contributed by atoms with Gasteiger partial charge >= 0.3 is 5.97 Å². The molecular formula is C14H14F2N2O3. The Balaban J connectivity index is 2.95. The average Bonchev–Trinajstić information content (AvgIpc) is 2.43. The van der Waals surface area contributed by atoms with E-state index in [9.17, 15) is 18.4 Å². The number of nitrogens with zero attached hydrogens (tertiary/aromatic N) is 1. The standard InChI is InChI=1S/C14H14F2N2O3/c1-8(5-6-17)12(14(20)21-2)18-13(19)10-4-3-9(15)7-11(10)16/h3-4,7-8,12H,5H2,1-2H3,(H,18,19)/t8-,12-/m1/s1. The van der Waals surface area contributed by atoms with Gasteiger partial charge in [-0.2, -0.15) is 5.26 Å². The largest absolute Gasteiger partial charge is 0.467 e. The topological polar surface area (TPSA) is 79.2 Å². The van der Waals surface area contributed by atoms with E-state index in [-0.39, 0.29) is 6.42 Å². The molecule has 112 valence electrons. The Morgan fingerprint density at radius 2 is 2.10 bits per heavy atom. The molecule has 1 rings (SSSR count). The Morgan fingerprint density at radius 1 is 1.43 bits per heavy atom. The third kappa shape index (κ3) is 4.24. The van der Waals surface area contributed by atoms with Crippen LogP contribution in [-0.2, 0) is 9.53 Å². The van der Waals surface area contributed by atoms with Gasteiger partial charge in [0, 0.05) is 18.4 Å². The Bertz CT molecular complexity index is 584. The number of halogens is 2. The van der Waals surface area contributed by atoms with Crippen LogP contribution in [0, 0.1) is 28.9 Å². The Hall–Kier alpha value is -2.49. The molecule has 0 aliphatic rings. The molecule has 1 N–H and O–H groups in total. The molecule has 0 heterocycles. The third-order valence-electron chi connectivity index (χ3n) is 2.90. The summed E-state index contributed by atoms with van der Waals surface area (Å²) < 4.78 is 30.9. The first-order valence-corrected chi connectivity index (χ1v) is 6.11. The van der Waals surface area contributed by atoms with Crippen LogP contribution in [0.15, 0.2) is 18.2 Å². The zero-order valence-corrected chi connectivity index (χ0v) is 11.5. The Labute approximate surface area is 120 Å². The summed E-state index contributed by atoms with van der Waals surface area (Å²) in [5.74, 6) is -3.99. The summed E-state index contributed by atoms with van der Waals surface area (Å²) in [5, 5.41) is 11.0. The quantitative estimate of drug-likeness (QED) is 0.840. The van der Waals surface area contributed by atoms with Crippen molar-refractivity contribution < 1.29 is 23.1 Å². The Kier molecular flexibility index (Phi) is 5.79. The fourth-order valence-electron chi connectivity index (χ4n) is 1.71. The number of carbonyl (C=O) groups excluding carboxylic acids is 2. The molecule has 21 heavy (non-hydrogen) atoms. The highest BCUT2D eigenvalue weighted by atomic mass is 19.1. The molecule has 0 aromatic heterocycles. The van der Waals surface area contributed by atoms with Crippen LogP contribution in [0.1, 0.15) is 23.7 Å². The van der Waals surface area contributed by atoms with Gasteiger partial charge in [-0.05, 0) is 12.1 Å². The maximum Gasteiger partial charge on any atom is 0.328 e. The summed E-state index contributed by atoms with van der Waals surface area (Å²) in [6.07, 6.45) is 0.00590. The number of ether oxygens (including phenoxy) is 1. The first-order chi connectivity index (χ1) is 9.90. The number of hydrogen-bond acceptors (Lipinski definition) is 4. The molecule has 0 aliphatic carbocycles. The number of esters is 1. The zero-order valence-electron chi connectivity index (χ0n) is 11.5. The number of carbonyl (C=O) groups is 2. The van der Waals surface area contributed by atoms with Crippen LogP contribution in [0.2, 0.25) is 0 Å². The Morgan fingerprint density at radius 3 is 2.62 bits per heavy atom. The van der Waals surface area contributed by atoms with Crippen molar-refractivity contribution in [2.45, 2.75) is 19.4 Å². The maximum atomic E-state index is 13.5. The highest BCUT2D eigenvalue weighted by Crippen LogP contribution is 2.13. The summed E-state index contributed by atoms with van der Waals surface area (Å²) >= 11 is 0. The van der Waals surface area contributed by atoms with Crippen LogP contribution < -0.4 is 5.32 Å². The van der Waals surface area contributed by atoms with Crippen LogP contribution >= 0.6 is 0 Å². The predicted molar refractivity (Wildman–Crippen MR) is 69.0 cm³/mol. The fraction of sp³-hybridized carbons (Fsp3) is 0.357. The monoisotopic (exact) mass is 296 g/mol. The highest BCUT2D eigenvalue weighted by Gasteiger charge is 2.28. The summed E-state index contributed by atoms with van der Waals surface area (Å²) in [4.78, 5) is 23.6. The average molecular weight is 296 g/mol. The van der Waals surface area contributed by atoms with E-state index in [1.54, 1.807) is 6.92 Å². The summed E-state index contributed by atoms with van der Waals surface area (Å²) in [6, 6.07) is 3.26. The first-order valence-electron chi connectivity index (χ1n) is 6.11. The van der Waals surface area contributed by atoms with E-state index in [1.165, 1.54) is 0 Å². The van der Waals surface area contributed by atoms with Gasteiger partial charge in [-0.15, -0.1) is 0 Å². The van der Waals surface area contributed by atoms with Crippen molar-refractivity contribution in [1.29, 1.82) is 5.26 Å². The molecule has 7 heteroatoms. The van der Waals surface area contributed by atoms with Crippen molar-refractivity contribution in [3.05, 3.63) is 35.4 Å². The van der Waals surface area contributed by atoms with Crippen LogP contribution in [0.5, 0.6) is 0 Å². The molecule has 0 unspecified atom stereocenters.